The maximum atomic E-state index is 14.0. The molecule has 0 bridgehead atoms. The van der Waals surface area contributed by atoms with Crippen LogP contribution in [0.5, 0.6) is 11.5 Å². The number of ether oxygens (including phenoxy) is 2. The molecule has 1 heterocycles. The summed E-state index contributed by atoms with van der Waals surface area (Å²) in [5.41, 5.74) is 2.24. The van der Waals surface area contributed by atoms with Crippen molar-refractivity contribution >= 4 is 43.5 Å². The van der Waals surface area contributed by atoms with Gasteiger partial charge < -0.3 is 19.7 Å². The SMILES string of the molecule is CC[C@H](C)NC(=O)[C@@H](Cc1ccccc1)N(Cc1cccc(Br)c1)C(=O)CCCN(c1ccc2c(c1)OCCO2)S(C)(=O)=O. The third kappa shape index (κ3) is 9.22. The van der Waals surface area contributed by atoms with Gasteiger partial charge in [0.15, 0.2) is 11.5 Å². The van der Waals surface area contributed by atoms with Crippen LogP contribution in [0.25, 0.3) is 0 Å². The Bertz CT molecular complexity index is 1540. The van der Waals surface area contributed by atoms with Gasteiger partial charge >= 0.3 is 0 Å². The minimum absolute atomic E-state index is 0.0481. The van der Waals surface area contributed by atoms with Crippen molar-refractivity contribution in [3.63, 3.8) is 0 Å². The molecule has 1 N–H and O–H groups in total. The van der Waals surface area contributed by atoms with Crippen LogP contribution >= 0.6 is 15.9 Å². The molecule has 0 saturated carbocycles. The highest BCUT2D eigenvalue weighted by atomic mass is 79.9. The van der Waals surface area contributed by atoms with Gasteiger partial charge in [0.05, 0.1) is 11.9 Å². The molecule has 2 atom stereocenters. The summed E-state index contributed by atoms with van der Waals surface area (Å²) < 4.78 is 39.0. The summed E-state index contributed by atoms with van der Waals surface area (Å²) >= 11 is 3.51. The van der Waals surface area contributed by atoms with Gasteiger partial charge in [0.1, 0.15) is 19.3 Å². The lowest BCUT2D eigenvalue weighted by molar-refractivity contribution is -0.141. The van der Waals surface area contributed by atoms with E-state index in [-0.39, 0.29) is 43.8 Å². The van der Waals surface area contributed by atoms with Crippen LogP contribution in [0.3, 0.4) is 0 Å². The van der Waals surface area contributed by atoms with Crippen molar-refractivity contribution in [1.82, 2.24) is 10.2 Å². The fourth-order valence-corrected chi connectivity index (χ4v) is 6.42. The second kappa shape index (κ2) is 15.4. The van der Waals surface area contributed by atoms with E-state index in [2.05, 4.69) is 21.2 Å². The zero-order chi connectivity index (χ0) is 31.7. The number of amides is 2. The second-order valence-electron chi connectivity index (χ2n) is 10.9. The van der Waals surface area contributed by atoms with E-state index in [0.717, 1.165) is 28.3 Å². The predicted octanol–water partition coefficient (Wildman–Crippen LogP) is 5.32. The number of halogens is 1. The topological polar surface area (TPSA) is 105 Å². The summed E-state index contributed by atoms with van der Waals surface area (Å²) in [6.45, 7) is 5.05. The van der Waals surface area contributed by atoms with Crippen molar-refractivity contribution < 1.29 is 27.5 Å². The van der Waals surface area contributed by atoms with E-state index in [4.69, 9.17) is 9.47 Å². The Morgan fingerprint density at radius 1 is 0.955 bits per heavy atom. The third-order valence-electron chi connectivity index (χ3n) is 7.48. The van der Waals surface area contributed by atoms with Gasteiger partial charge in [-0.1, -0.05) is 65.3 Å². The Labute approximate surface area is 268 Å². The average molecular weight is 687 g/mol. The van der Waals surface area contributed by atoms with Crippen LogP contribution in [-0.4, -0.2) is 63.2 Å². The second-order valence-corrected chi connectivity index (χ2v) is 13.8. The number of hydrogen-bond donors (Lipinski definition) is 1. The summed E-state index contributed by atoms with van der Waals surface area (Å²) in [7, 11) is -3.66. The molecule has 3 aromatic carbocycles. The van der Waals surface area contributed by atoms with E-state index in [1.54, 1.807) is 23.1 Å². The van der Waals surface area contributed by atoms with Crippen LogP contribution in [0.1, 0.15) is 44.2 Å². The lowest BCUT2D eigenvalue weighted by Crippen LogP contribution is -2.52. The number of carbonyl (C=O) groups excluding carboxylic acids is 2. The molecule has 1 aliphatic rings. The quantitative estimate of drug-likeness (QED) is 0.246. The first-order valence-electron chi connectivity index (χ1n) is 14.8. The number of hydrogen-bond acceptors (Lipinski definition) is 6. The van der Waals surface area contributed by atoms with Crippen molar-refractivity contribution in [2.75, 3.05) is 30.3 Å². The molecular formula is C33H40BrN3O6S. The smallest absolute Gasteiger partial charge is 0.243 e. The largest absolute Gasteiger partial charge is 0.486 e. The molecule has 3 aromatic rings. The Hall–Kier alpha value is -3.57. The van der Waals surface area contributed by atoms with Crippen molar-refractivity contribution in [3.8, 4) is 11.5 Å². The number of nitrogens with zero attached hydrogens (tertiary/aromatic N) is 2. The minimum atomic E-state index is -3.66. The maximum absolute atomic E-state index is 14.0. The van der Waals surface area contributed by atoms with Crippen LogP contribution < -0.4 is 19.1 Å². The summed E-state index contributed by atoms with van der Waals surface area (Å²) in [5.74, 6) is 0.586. The van der Waals surface area contributed by atoms with Crippen LogP contribution in [-0.2, 0) is 32.6 Å². The van der Waals surface area contributed by atoms with Gasteiger partial charge in [0.25, 0.3) is 0 Å². The first kappa shape index (κ1) is 33.3. The van der Waals surface area contributed by atoms with Crippen LogP contribution in [0.4, 0.5) is 5.69 Å². The van der Waals surface area contributed by atoms with Gasteiger partial charge in [0, 0.05) is 42.5 Å². The van der Waals surface area contributed by atoms with Gasteiger partial charge in [-0.3, -0.25) is 13.9 Å². The van der Waals surface area contributed by atoms with Crippen molar-refractivity contribution in [2.45, 2.75) is 58.2 Å². The lowest BCUT2D eigenvalue weighted by atomic mass is 10.0. The van der Waals surface area contributed by atoms with E-state index in [1.807, 2.05) is 68.4 Å². The van der Waals surface area contributed by atoms with Gasteiger partial charge in [-0.15, -0.1) is 0 Å². The van der Waals surface area contributed by atoms with Gasteiger partial charge in [-0.05, 0) is 55.2 Å². The van der Waals surface area contributed by atoms with Crippen molar-refractivity contribution in [2.24, 2.45) is 0 Å². The molecule has 0 unspecified atom stereocenters. The highest BCUT2D eigenvalue weighted by Crippen LogP contribution is 2.35. The summed E-state index contributed by atoms with van der Waals surface area (Å²) in [5, 5.41) is 3.07. The molecule has 4 rings (SSSR count). The summed E-state index contributed by atoms with van der Waals surface area (Å²) in [6, 6.07) is 21.5. The van der Waals surface area contributed by atoms with E-state index in [0.29, 0.717) is 36.8 Å². The van der Waals surface area contributed by atoms with Gasteiger partial charge in [-0.2, -0.15) is 0 Å². The molecule has 0 radical (unpaired) electrons. The standard InChI is InChI=1S/C33H40BrN3O6S/c1-4-24(2)35-33(39)29(21-25-10-6-5-7-11-25)36(23-26-12-8-13-27(34)20-26)32(38)14-9-17-37(44(3,40)41)28-15-16-30-31(22-28)43-19-18-42-30/h5-8,10-13,15-16,20,22,24,29H,4,9,14,17-19,21,23H2,1-3H3,(H,35,39)/t24-,29+/m0/s1. The molecule has 1 aliphatic heterocycles. The number of nitrogens with one attached hydrogen (secondary N) is 1. The predicted molar refractivity (Wildman–Crippen MR) is 175 cm³/mol. The highest BCUT2D eigenvalue weighted by molar-refractivity contribution is 9.10. The Kier molecular flexibility index (Phi) is 11.7. The summed E-state index contributed by atoms with van der Waals surface area (Å²) in [6.07, 6.45) is 2.53. The molecule has 44 heavy (non-hydrogen) atoms. The zero-order valence-electron chi connectivity index (χ0n) is 25.4. The van der Waals surface area contributed by atoms with E-state index in [1.165, 1.54) is 4.31 Å². The van der Waals surface area contributed by atoms with Gasteiger partial charge in [-0.25, -0.2) is 8.42 Å². The number of benzene rings is 3. The fraction of sp³-hybridized carbons (Fsp3) is 0.394. The molecule has 0 aliphatic carbocycles. The average Bonchev–Trinajstić information content (AvgIpc) is 3.00. The molecule has 11 heteroatoms. The van der Waals surface area contributed by atoms with Crippen molar-refractivity contribution in [1.29, 1.82) is 0 Å². The number of carbonyl (C=O) groups is 2. The van der Waals surface area contributed by atoms with Crippen LogP contribution in [0, 0.1) is 0 Å². The molecule has 0 saturated heterocycles. The number of anilines is 1. The molecule has 236 valence electrons. The molecular weight excluding hydrogens is 646 g/mol. The monoisotopic (exact) mass is 685 g/mol. The van der Waals surface area contributed by atoms with Gasteiger partial charge in [0.2, 0.25) is 21.8 Å². The highest BCUT2D eigenvalue weighted by Gasteiger charge is 2.31. The Balaban J connectivity index is 1.58. The summed E-state index contributed by atoms with van der Waals surface area (Å²) in [4.78, 5) is 29.4. The van der Waals surface area contributed by atoms with Crippen LogP contribution in [0.15, 0.2) is 77.3 Å². The Morgan fingerprint density at radius 3 is 2.34 bits per heavy atom. The van der Waals surface area contributed by atoms with Crippen molar-refractivity contribution in [3.05, 3.63) is 88.4 Å². The fourth-order valence-electron chi connectivity index (χ4n) is 5.02. The van der Waals surface area contributed by atoms with E-state index < -0.39 is 16.1 Å². The molecule has 0 spiro atoms. The van der Waals surface area contributed by atoms with E-state index >= 15 is 0 Å². The normalized spacial score (nSPS) is 13.9. The maximum Gasteiger partial charge on any atom is 0.243 e. The molecule has 0 fully saturated rings. The number of sulfonamides is 1. The molecule has 2 amide bonds. The number of fused-ring (bicyclic) bond motifs is 1. The Morgan fingerprint density at radius 2 is 1.66 bits per heavy atom. The third-order valence-corrected chi connectivity index (χ3v) is 9.17. The first-order valence-corrected chi connectivity index (χ1v) is 17.4. The number of rotatable bonds is 14. The van der Waals surface area contributed by atoms with Crippen LogP contribution in [0.2, 0.25) is 0 Å². The molecule has 9 nitrogen and oxygen atoms in total. The van der Waals surface area contributed by atoms with E-state index in [9.17, 15) is 18.0 Å². The first-order chi connectivity index (χ1) is 21.0. The zero-order valence-corrected chi connectivity index (χ0v) is 27.8. The molecule has 0 aromatic heterocycles. The minimum Gasteiger partial charge on any atom is -0.486 e. The lowest BCUT2D eigenvalue weighted by Gasteiger charge is -2.33.